The highest BCUT2D eigenvalue weighted by atomic mass is 15.0. The Morgan fingerprint density at radius 2 is 0.944 bits per heavy atom. The van der Waals surface area contributed by atoms with Crippen LogP contribution in [0.3, 0.4) is 0 Å². The molecule has 5 heteroatoms. The molecule has 5 nitrogen and oxygen atoms in total. The zero-order valence-corrected chi connectivity index (χ0v) is 19.2. The Kier molecular flexibility index (Phi) is 5.52. The third-order valence-electron chi connectivity index (χ3n) is 6.23. The normalized spacial score (nSPS) is 10.3. The molecule has 5 rings (SSSR count). The molecule has 0 saturated heterocycles. The van der Waals surface area contributed by atoms with Gasteiger partial charge < -0.3 is 4.57 Å². The molecule has 0 saturated carbocycles. The quantitative estimate of drug-likeness (QED) is 0.276. The summed E-state index contributed by atoms with van der Waals surface area (Å²) in [5.74, 6) is 0. The smallest absolute Gasteiger partial charge is 0.0992 e. The zero-order valence-electron chi connectivity index (χ0n) is 19.2. The molecule has 0 aliphatic rings. The minimum atomic E-state index is 0.436. The lowest BCUT2D eigenvalue weighted by atomic mass is 9.97. The molecule has 0 spiro atoms. The number of hydrogen-bond donors (Lipinski definition) is 0. The fourth-order valence-corrected chi connectivity index (χ4v) is 4.64. The molecule has 0 radical (unpaired) electrons. The van der Waals surface area contributed by atoms with E-state index in [1.165, 1.54) is 0 Å². The van der Waals surface area contributed by atoms with Gasteiger partial charge in [-0.05, 0) is 82.9 Å². The standard InChI is InChI=1S/C31H17N5/c1-2-7-36-30-5-3-24(26-10-20(16-32)8-21(11-26)17-33)14-28(30)29-15-25(4-6-31(29)36)27-12-22(18-34)9-23(13-27)19-35/h2-6,8-15H,1,7H2. The molecule has 36 heavy (non-hydrogen) atoms. The summed E-state index contributed by atoms with van der Waals surface area (Å²) < 4.78 is 2.18. The Morgan fingerprint density at radius 3 is 1.28 bits per heavy atom. The summed E-state index contributed by atoms with van der Waals surface area (Å²) in [6.45, 7) is 4.54. The van der Waals surface area contributed by atoms with Crippen molar-refractivity contribution in [1.29, 1.82) is 21.0 Å². The van der Waals surface area contributed by atoms with Crippen molar-refractivity contribution in [1.82, 2.24) is 4.57 Å². The number of hydrogen-bond acceptors (Lipinski definition) is 4. The van der Waals surface area contributed by atoms with E-state index in [1.807, 2.05) is 30.3 Å². The van der Waals surface area contributed by atoms with Crippen LogP contribution in [0.5, 0.6) is 0 Å². The van der Waals surface area contributed by atoms with E-state index in [9.17, 15) is 21.0 Å². The van der Waals surface area contributed by atoms with Crippen molar-refractivity contribution in [3.63, 3.8) is 0 Å². The molecule has 0 N–H and O–H groups in total. The highest BCUT2D eigenvalue weighted by Gasteiger charge is 2.14. The van der Waals surface area contributed by atoms with Crippen LogP contribution in [0.1, 0.15) is 22.3 Å². The van der Waals surface area contributed by atoms with Crippen molar-refractivity contribution in [2.75, 3.05) is 0 Å². The highest BCUT2D eigenvalue weighted by molar-refractivity contribution is 6.10. The van der Waals surface area contributed by atoms with Gasteiger partial charge in [-0.3, -0.25) is 0 Å². The molecule has 4 aromatic carbocycles. The van der Waals surface area contributed by atoms with Gasteiger partial charge in [-0.15, -0.1) is 6.58 Å². The van der Waals surface area contributed by atoms with Crippen LogP contribution >= 0.6 is 0 Å². The lowest BCUT2D eigenvalue weighted by Gasteiger charge is -2.06. The van der Waals surface area contributed by atoms with Crippen LogP contribution in [-0.2, 0) is 6.54 Å². The molecular formula is C31H17N5. The third kappa shape index (κ3) is 3.74. The van der Waals surface area contributed by atoms with Crippen molar-refractivity contribution in [3.8, 4) is 46.5 Å². The molecule has 0 aliphatic heterocycles. The van der Waals surface area contributed by atoms with Crippen molar-refractivity contribution >= 4 is 21.8 Å². The predicted molar refractivity (Wildman–Crippen MR) is 139 cm³/mol. The van der Waals surface area contributed by atoms with E-state index in [2.05, 4.69) is 47.6 Å². The van der Waals surface area contributed by atoms with E-state index in [1.54, 1.807) is 36.4 Å². The molecule has 0 fully saturated rings. The van der Waals surface area contributed by atoms with Gasteiger partial charge in [-0.1, -0.05) is 18.2 Å². The predicted octanol–water partition coefficient (Wildman–Crippen LogP) is 6.80. The Morgan fingerprint density at radius 1 is 0.556 bits per heavy atom. The second-order valence-electron chi connectivity index (χ2n) is 8.41. The van der Waals surface area contributed by atoms with E-state index >= 15 is 0 Å². The van der Waals surface area contributed by atoms with Crippen LogP contribution in [0.2, 0.25) is 0 Å². The Hall–Kier alpha value is -5.62. The molecule has 0 atom stereocenters. The summed E-state index contributed by atoms with van der Waals surface area (Å²) in [6.07, 6.45) is 1.85. The first-order valence-corrected chi connectivity index (χ1v) is 11.2. The van der Waals surface area contributed by atoms with Crippen LogP contribution in [0, 0.1) is 45.3 Å². The van der Waals surface area contributed by atoms with Crippen molar-refractivity contribution in [2.45, 2.75) is 6.54 Å². The van der Waals surface area contributed by atoms with Gasteiger partial charge in [-0.25, -0.2) is 0 Å². The number of nitrogens with zero attached hydrogens (tertiary/aromatic N) is 5. The molecule has 0 bridgehead atoms. The largest absolute Gasteiger partial charge is 0.337 e. The Bertz CT molecular complexity index is 1680. The molecular weight excluding hydrogens is 442 g/mol. The first-order chi connectivity index (χ1) is 17.6. The summed E-state index contributed by atoms with van der Waals surface area (Å²) in [6, 6.07) is 31.1. The van der Waals surface area contributed by atoms with Gasteiger partial charge in [0, 0.05) is 28.4 Å². The van der Waals surface area contributed by atoms with E-state index in [-0.39, 0.29) is 0 Å². The molecule has 166 valence electrons. The number of rotatable bonds is 4. The summed E-state index contributed by atoms with van der Waals surface area (Å²) in [7, 11) is 0. The Balaban J connectivity index is 1.77. The topological polar surface area (TPSA) is 100 Å². The van der Waals surface area contributed by atoms with Gasteiger partial charge in [0.2, 0.25) is 0 Å². The minimum absolute atomic E-state index is 0.436. The fraction of sp³-hybridized carbons (Fsp3) is 0.0323. The zero-order chi connectivity index (χ0) is 25.2. The van der Waals surface area contributed by atoms with Crippen molar-refractivity contribution < 1.29 is 0 Å². The van der Waals surface area contributed by atoms with Crippen molar-refractivity contribution in [2.24, 2.45) is 0 Å². The minimum Gasteiger partial charge on any atom is -0.337 e. The summed E-state index contributed by atoms with van der Waals surface area (Å²) >= 11 is 0. The van der Waals surface area contributed by atoms with E-state index in [4.69, 9.17) is 0 Å². The second kappa shape index (κ2) is 8.96. The molecule has 5 aromatic rings. The van der Waals surface area contributed by atoms with Gasteiger partial charge in [0.15, 0.2) is 0 Å². The van der Waals surface area contributed by atoms with Crippen LogP contribution in [0.4, 0.5) is 0 Å². The lowest BCUT2D eigenvalue weighted by molar-refractivity contribution is 0.901. The summed E-state index contributed by atoms with van der Waals surface area (Å²) in [4.78, 5) is 0. The third-order valence-corrected chi connectivity index (χ3v) is 6.23. The van der Waals surface area contributed by atoms with Gasteiger partial charge in [-0.2, -0.15) is 21.0 Å². The molecule has 0 unspecified atom stereocenters. The summed E-state index contributed by atoms with van der Waals surface area (Å²) in [5.41, 5.74) is 7.21. The van der Waals surface area contributed by atoms with E-state index in [0.29, 0.717) is 28.8 Å². The first kappa shape index (κ1) is 22.2. The van der Waals surface area contributed by atoms with Gasteiger partial charge in [0.25, 0.3) is 0 Å². The monoisotopic (exact) mass is 459 g/mol. The van der Waals surface area contributed by atoms with Gasteiger partial charge >= 0.3 is 0 Å². The van der Waals surface area contributed by atoms with Crippen molar-refractivity contribution in [3.05, 3.63) is 108 Å². The number of benzene rings is 4. The fourth-order valence-electron chi connectivity index (χ4n) is 4.64. The average molecular weight is 460 g/mol. The maximum absolute atomic E-state index is 9.41. The van der Waals surface area contributed by atoms with Crippen LogP contribution < -0.4 is 0 Å². The van der Waals surface area contributed by atoms with Gasteiger partial charge in [0.1, 0.15) is 0 Å². The first-order valence-electron chi connectivity index (χ1n) is 11.2. The van der Waals surface area contributed by atoms with Crippen LogP contribution in [-0.4, -0.2) is 4.57 Å². The Labute approximate surface area is 208 Å². The van der Waals surface area contributed by atoms with E-state index in [0.717, 1.165) is 44.1 Å². The highest BCUT2D eigenvalue weighted by Crippen LogP contribution is 2.36. The maximum Gasteiger partial charge on any atom is 0.0992 e. The molecule has 1 heterocycles. The van der Waals surface area contributed by atoms with Gasteiger partial charge in [0.05, 0.1) is 46.5 Å². The SMILES string of the molecule is C=CCn1c2ccc(-c3cc(C#N)cc(C#N)c3)cc2c2cc(-c3cc(C#N)cc(C#N)c3)ccc21. The van der Waals surface area contributed by atoms with E-state index < -0.39 is 0 Å². The average Bonchev–Trinajstić information content (AvgIpc) is 3.24. The molecule has 0 aliphatic carbocycles. The number of nitriles is 4. The second-order valence-corrected chi connectivity index (χ2v) is 8.41. The lowest BCUT2D eigenvalue weighted by Crippen LogP contribution is -1.94. The molecule has 1 aromatic heterocycles. The van der Waals surface area contributed by atoms with Crippen LogP contribution in [0.25, 0.3) is 44.1 Å². The maximum atomic E-state index is 9.41. The number of fused-ring (bicyclic) bond motifs is 3. The number of aromatic nitrogens is 1. The number of allylic oxidation sites excluding steroid dienone is 1. The molecule has 0 amide bonds. The van der Waals surface area contributed by atoms with Crippen LogP contribution in [0.15, 0.2) is 85.5 Å². The summed E-state index contributed by atoms with van der Waals surface area (Å²) in [5, 5.41) is 39.7.